The van der Waals surface area contributed by atoms with Gasteiger partial charge in [0.25, 0.3) is 0 Å². The second-order valence-corrected chi connectivity index (χ2v) is 5.79. The van der Waals surface area contributed by atoms with Crippen molar-refractivity contribution in [2.75, 3.05) is 20.2 Å². The first kappa shape index (κ1) is 15.6. The van der Waals surface area contributed by atoms with E-state index in [2.05, 4.69) is 4.90 Å². The Kier molecular flexibility index (Phi) is 4.73. The number of ether oxygens (including phenoxy) is 1. The zero-order valence-corrected chi connectivity index (χ0v) is 12.6. The molecule has 1 aliphatic rings. The van der Waals surface area contributed by atoms with E-state index >= 15 is 0 Å². The Hall–Kier alpha value is -1.75. The van der Waals surface area contributed by atoms with Gasteiger partial charge in [-0.25, -0.2) is 0 Å². The van der Waals surface area contributed by atoms with Crippen molar-refractivity contribution >= 4 is 5.97 Å². The van der Waals surface area contributed by atoms with Crippen molar-refractivity contribution in [3.05, 3.63) is 23.8 Å². The Morgan fingerprint density at radius 1 is 1.48 bits per heavy atom. The minimum atomic E-state index is -0.703. The Bertz CT molecular complexity index is 517. The fraction of sp³-hybridized carbons (Fsp3) is 0.562. The first-order valence-corrected chi connectivity index (χ1v) is 7.32. The van der Waals surface area contributed by atoms with E-state index in [1.807, 2.05) is 19.1 Å². The highest BCUT2D eigenvalue weighted by molar-refractivity contribution is 5.75. The van der Waals surface area contributed by atoms with Crippen LogP contribution in [0.25, 0.3) is 0 Å². The molecule has 21 heavy (non-hydrogen) atoms. The summed E-state index contributed by atoms with van der Waals surface area (Å²) in [6.07, 6.45) is 2.24. The highest BCUT2D eigenvalue weighted by atomic mass is 16.5. The average Bonchev–Trinajstić information content (AvgIpc) is 2.86. The second kappa shape index (κ2) is 6.35. The van der Waals surface area contributed by atoms with Gasteiger partial charge in [-0.1, -0.05) is 19.4 Å². The van der Waals surface area contributed by atoms with Crippen LogP contribution in [0.3, 0.4) is 0 Å². The first-order valence-electron chi connectivity index (χ1n) is 7.32. The topological polar surface area (TPSA) is 70.0 Å². The largest absolute Gasteiger partial charge is 0.507 e. The van der Waals surface area contributed by atoms with Crippen molar-refractivity contribution in [2.24, 2.45) is 5.41 Å². The van der Waals surface area contributed by atoms with Gasteiger partial charge in [0, 0.05) is 24.7 Å². The van der Waals surface area contributed by atoms with E-state index in [1.54, 1.807) is 13.2 Å². The van der Waals surface area contributed by atoms with Gasteiger partial charge in [0.2, 0.25) is 0 Å². The minimum Gasteiger partial charge on any atom is -0.507 e. The molecule has 0 radical (unpaired) electrons. The number of carboxylic acids is 1. The summed E-state index contributed by atoms with van der Waals surface area (Å²) < 4.78 is 5.07. The third-order valence-corrected chi connectivity index (χ3v) is 4.30. The van der Waals surface area contributed by atoms with Crippen LogP contribution in [-0.2, 0) is 11.3 Å². The molecule has 1 aliphatic heterocycles. The van der Waals surface area contributed by atoms with Crippen molar-refractivity contribution in [2.45, 2.75) is 32.7 Å². The van der Waals surface area contributed by atoms with Gasteiger partial charge < -0.3 is 14.9 Å². The number of rotatable bonds is 6. The number of hydrogen-bond acceptors (Lipinski definition) is 4. The number of hydrogen-bond donors (Lipinski definition) is 2. The molecule has 5 heteroatoms. The smallest absolute Gasteiger partial charge is 0.310 e. The van der Waals surface area contributed by atoms with Gasteiger partial charge in [-0.2, -0.15) is 0 Å². The summed E-state index contributed by atoms with van der Waals surface area (Å²) >= 11 is 0. The maximum absolute atomic E-state index is 11.6. The van der Waals surface area contributed by atoms with E-state index in [1.165, 1.54) is 0 Å². The summed E-state index contributed by atoms with van der Waals surface area (Å²) in [6.45, 7) is 3.87. The molecule has 1 aromatic rings. The maximum Gasteiger partial charge on any atom is 0.310 e. The summed E-state index contributed by atoms with van der Waals surface area (Å²) in [5, 5.41) is 19.5. The van der Waals surface area contributed by atoms with E-state index in [0.717, 1.165) is 18.5 Å². The van der Waals surface area contributed by atoms with Gasteiger partial charge in [-0.05, 0) is 25.5 Å². The summed E-state index contributed by atoms with van der Waals surface area (Å²) in [6, 6.07) is 5.22. The lowest BCUT2D eigenvalue weighted by atomic mass is 9.83. The number of nitrogens with zero attached hydrogens (tertiary/aromatic N) is 1. The molecule has 1 saturated heterocycles. The van der Waals surface area contributed by atoms with Crippen molar-refractivity contribution < 1.29 is 19.7 Å². The molecule has 1 unspecified atom stereocenters. The van der Waals surface area contributed by atoms with Crippen LogP contribution >= 0.6 is 0 Å². The Morgan fingerprint density at radius 2 is 2.24 bits per heavy atom. The van der Waals surface area contributed by atoms with Gasteiger partial charge in [-0.3, -0.25) is 9.69 Å². The lowest BCUT2D eigenvalue weighted by molar-refractivity contribution is -0.148. The van der Waals surface area contributed by atoms with Crippen LogP contribution in [0.2, 0.25) is 0 Å². The number of benzene rings is 1. The van der Waals surface area contributed by atoms with E-state index in [4.69, 9.17) is 4.74 Å². The Morgan fingerprint density at radius 3 is 2.81 bits per heavy atom. The standard InChI is InChI=1S/C16H23NO4/c1-3-6-16(15(19)20)7-8-17(11-16)10-12-4-5-13(21-2)9-14(12)18/h4-5,9,18H,3,6-8,10-11H2,1-2H3,(H,19,20). The zero-order chi connectivity index (χ0) is 15.5. The minimum absolute atomic E-state index is 0.192. The molecule has 5 nitrogen and oxygen atoms in total. The number of phenols is 1. The lowest BCUT2D eigenvalue weighted by Gasteiger charge is -2.24. The molecule has 1 fully saturated rings. The number of aliphatic carboxylic acids is 1. The molecule has 1 aromatic carbocycles. The highest BCUT2D eigenvalue weighted by Crippen LogP contribution is 2.37. The summed E-state index contributed by atoms with van der Waals surface area (Å²) in [4.78, 5) is 13.7. The van der Waals surface area contributed by atoms with E-state index in [0.29, 0.717) is 31.7 Å². The molecule has 0 aliphatic carbocycles. The monoisotopic (exact) mass is 293 g/mol. The Balaban J connectivity index is 2.07. The first-order chi connectivity index (χ1) is 10.0. The normalized spacial score (nSPS) is 22.4. The predicted octanol–water partition coefficient (Wildman–Crippen LogP) is 2.48. The Labute approximate surface area is 125 Å². The number of phenolic OH excluding ortho intramolecular Hbond substituents is 1. The van der Waals surface area contributed by atoms with Crippen molar-refractivity contribution in [3.63, 3.8) is 0 Å². The number of likely N-dealkylation sites (tertiary alicyclic amines) is 1. The molecule has 2 N–H and O–H groups in total. The molecule has 0 bridgehead atoms. The second-order valence-electron chi connectivity index (χ2n) is 5.79. The molecule has 0 spiro atoms. The number of carbonyl (C=O) groups is 1. The third kappa shape index (κ3) is 3.29. The molecule has 0 aromatic heterocycles. The molecule has 116 valence electrons. The van der Waals surface area contributed by atoms with Crippen LogP contribution in [0.15, 0.2) is 18.2 Å². The maximum atomic E-state index is 11.6. The number of methoxy groups -OCH3 is 1. The molecule has 2 rings (SSSR count). The van der Waals surface area contributed by atoms with Gasteiger partial charge in [-0.15, -0.1) is 0 Å². The fourth-order valence-corrected chi connectivity index (χ4v) is 3.10. The van der Waals surface area contributed by atoms with Crippen molar-refractivity contribution in [1.82, 2.24) is 4.90 Å². The third-order valence-electron chi connectivity index (χ3n) is 4.30. The zero-order valence-electron chi connectivity index (χ0n) is 12.6. The van der Waals surface area contributed by atoms with Gasteiger partial charge >= 0.3 is 5.97 Å². The quantitative estimate of drug-likeness (QED) is 0.843. The van der Waals surface area contributed by atoms with Crippen LogP contribution in [0.4, 0.5) is 0 Å². The molecular weight excluding hydrogens is 270 g/mol. The molecule has 1 heterocycles. The van der Waals surface area contributed by atoms with Gasteiger partial charge in [0.1, 0.15) is 11.5 Å². The fourth-order valence-electron chi connectivity index (χ4n) is 3.10. The number of aromatic hydroxyl groups is 1. The summed E-state index contributed by atoms with van der Waals surface area (Å²) in [5.74, 6) is 0.104. The molecular formula is C16H23NO4. The lowest BCUT2D eigenvalue weighted by Crippen LogP contribution is -2.34. The molecule has 1 atom stereocenters. The van der Waals surface area contributed by atoms with Crippen LogP contribution in [0, 0.1) is 5.41 Å². The van der Waals surface area contributed by atoms with Gasteiger partial charge in [0.05, 0.1) is 12.5 Å². The molecule has 0 amide bonds. The average molecular weight is 293 g/mol. The highest BCUT2D eigenvalue weighted by Gasteiger charge is 2.43. The van der Waals surface area contributed by atoms with Crippen LogP contribution in [-0.4, -0.2) is 41.3 Å². The summed E-state index contributed by atoms with van der Waals surface area (Å²) in [5.41, 5.74) is 0.171. The van der Waals surface area contributed by atoms with Crippen LogP contribution in [0.5, 0.6) is 11.5 Å². The van der Waals surface area contributed by atoms with E-state index in [9.17, 15) is 15.0 Å². The number of carboxylic acid groups (broad SMARTS) is 1. The predicted molar refractivity (Wildman–Crippen MR) is 79.5 cm³/mol. The van der Waals surface area contributed by atoms with Gasteiger partial charge in [0.15, 0.2) is 0 Å². The van der Waals surface area contributed by atoms with Crippen molar-refractivity contribution in [1.29, 1.82) is 0 Å². The molecule has 0 saturated carbocycles. The van der Waals surface area contributed by atoms with E-state index < -0.39 is 11.4 Å². The van der Waals surface area contributed by atoms with Crippen molar-refractivity contribution in [3.8, 4) is 11.5 Å². The van der Waals surface area contributed by atoms with E-state index in [-0.39, 0.29) is 5.75 Å². The summed E-state index contributed by atoms with van der Waals surface area (Å²) in [7, 11) is 1.56. The van der Waals surface area contributed by atoms with Crippen LogP contribution in [0.1, 0.15) is 31.7 Å². The van der Waals surface area contributed by atoms with Crippen LogP contribution < -0.4 is 4.74 Å². The SMILES string of the molecule is CCCC1(C(=O)O)CCN(Cc2ccc(OC)cc2O)C1.